The van der Waals surface area contributed by atoms with Gasteiger partial charge in [0, 0.05) is 50.5 Å². The van der Waals surface area contributed by atoms with Crippen molar-refractivity contribution in [1.82, 2.24) is 9.80 Å². The Morgan fingerprint density at radius 2 is 1.64 bits per heavy atom. The van der Waals surface area contributed by atoms with Crippen LogP contribution >= 0.6 is 0 Å². The Morgan fingerprint density at radius 1 is 0.957 bits per heavy atom. The first-order chi connectivity index (χ1) is 22.0. The van der Waals surface area contributed by atoms with Crippen LogP contribution in [0.1, 0.15) is 112 Å². The molecule has 1 amide bonds. The van der Waals surface area contributed by atoms with Gasteiger partial charge in [-0.1, -0.05) is 63.5 Å². The molecular formula is C38H57F3N2O4. The summed E-state index contributed by atoms with van der Waals surface area (Å²) in [5.41, 5.74) is 0.652. The molecule has 5 atom stereocenters. The fraction of sp³-hybridized carbons (Fsp3) is 0.737. The van der Waals surface area contributed by atoms with Gasteiger partial charge in [-0.05, 0) is 95.1 Å². The van der Waals surface area contributed by atoms with Gasteiger partial charge in [0.25, 0.3) is 0 Å². The predicted molar refractivity (Wildman–Crippen MR) is 179 cm³/mol. The number of hydrogen-bond acceptors (Lipinski definition) is 5. The number of amides is 1. The lowest BCUT2D eigenvalue weighted by Gasteiger charge is -2.51. The van der Waals surface area contributed by atoms with E-state index >= 15 is 0 Å². The summed E-state index contributed by atoms with van der Waals surface area (Å²) in [6, 6.07) is 0.0428. The minimum absolute atomic E-state index is 0.00620. The molecule has 3 aliphatic carbocycles. The molecule has 0 bridgehead atoms. The normalized spacial score (nSPS) is 27.3. The molecule has 2 fully saturated rings. The highest BCUT2D eigenvalue weighted by molar-refractivity contribution is 5.77. The van der Waals surface area contributed by atoms with E-state index in [1.165, 1.54) is 11.6 Å². The van der Waals surface area contributed by atoms with Gasteiger partial charge in [0.15, 0.2) is 0 Å². The molecule has 0 radical (unpaired) electrons. The van der Waals surface area contributed by atoms with Crippen LogP contribution in [0.15, 0.2) is 47.8 Å². The number of rotatable bonds is 8. The summed E-state index contributed by atoms with van der Waals surface area (Å²) in [4.78, 5) is 31.2. The van der Waals surface area contributed by atoms with Gasteiger partial charge in [0.1, 0.15) is 11.4 Å². The highest BCUT2D eigenvalue weighted by Gasteiger charge is 2.42. The third-order valence-electron chi connectivity index (χ3n) is 10.1. The van der Waals surface area contributed by atoms with Crippen molar-refractivity contribution in [3.63, 3.8) is 0 Å². The number of carbonyl (C=O) groups is 2. The Kier molecular flexibility index (Phi) is 12.5. The van der Waals surface area contributed by atoms with Crippen molar-refractivity contribution < 1.29 is 32.2 Å². The Balaban J connectivity index is 1.43. The van der Waals surface area contributed by atoms with E-state index in [0.29, 0.717) is 50.7 Å². The molecule has 0 aromatic heterocycles. The number of ether oxygens (including phenoxy) is 2. The third kappa shape index (κ3) is 11.5. The van der Waals surface area contributed by atoms with Crippen molar-refractivity contribution in [2.45, 2.75) is 136 Å². The smallest absolute Gasteiger partial charge is 0.460 e. The number of carbonyl (C=O) groups excluding carboxylic acids is 2. The van der Waals surface area contributed by atoms with Gasteiger partial charge in [-0.3, -0.25) is 14.5 Å². The topological polar surface area (TPSA) is 59.1 Å². The van der Waals surface area contributed by atoms with Crippen molar-refractivity contribution in [1.29, 1.82) is 0 Å². The highest BCUT2D eigenvalue weighted by atomic mass is 19.4. The first-order valence-corrected chi connectivity index (χ1v) is 17.7. The molecule has 1 heterocycles. The van der Waals surface area contributed by atoms with Crippen molar-refractivity contribution in [3.05, 3.63) is 47.8 Å². The number of halogens is 3. The number of esters is 1. The zero-order valence-corrected chi connectivity index (χ0v) is 29.4. The number of nitrogens with zero attached hydrogens (tertiary/aromatic N) is 2. The zero-order chi connectivity index (χ0) is 34.4. The van der Waals surface area contributed by atoms with Crippen LogP contribution in [0, 0.1) is 23.2 Å². The molecule has 264 valence electrons. The van der Waals surface area contributed by atoms with Crippen LogP contribution in [0.2, 0.25) is 0 Å². The van der Waals surface area contributed by atoms with Crippen LogP contribution in [-0.4, -0.2) is 65.4 Å². The van der Waals surface area contributed by atoms with E-state index < -0.39 is 12.0 Å². The first-order valence-electron chi connectivity index (χ1n) is 17.7. The van der Waals surface area contributed by atoms with Crippen molar-refractivity contribution >= 4 is 11.9 Å². The molecule has 4 aliphatic rings. The van der Waals surface area contributed by atoms with E-state index in [1.807, 2.05) is 26.8 Å². The van der Waals surface area contributed by atoms with Gasteiger partial charge in [-0.25, -0.2) is 0 Å². The van der Waals surface area contributed by atoms with Crippen LogP contribution < -0.4 is 0 Å². The summed E-state index contributed by atoms with van der Waals surface area (Å²) in [6.07, 6.45) is 16.0. The lowest BCUT2D eigenvalue weighted by Crippen LogP contribution is -2.62. The SMILES string of the molecule is CC(C)(C)OC(=O)CC1CCCCC(CC(=O)N2CCN(C(C3=CC=CCC3)C3C=CC(OC(F)(F)F)=CC3)C[C@@H]2C(C)(C)C)CC1. The molecule has 4 unspecified atom stereocenters. The number of piperazine rings is 1. The zero-order valence-electron chi connectivity index (χ0n) is 29.4. The largest absolute Gasteiger partial charge is 0.573 e. The molecule has 1 aliphatic heterocycles. The van der Waals surface area contributed by atoms with E-state index in [0.717, 1.165) is 51.4 Å². The maximum atomic E-state index is 14.1. The Morgan fingerprint density at radius 3 is 2.19 bits per heavy atom. The van der Waals surface area contributed by atoms with Crippen LogP contribution in [0.25, 0.3) is 0 Å². The van der Waals surface area contributed by atoms with Crippen LogP contribution in [0.3, 0.4) is 0 Å². The maximum absolute atomic E-state index is 14.1. The minimum atomic E-state index is -4.71. The fourth-order valence-electron chi connectivity index (χ4n) is 7.82. The molecular weight excluding hydrogens is 605 g/mol. The summed E-state index contributed by atoms with van der Waals surface area (Å²) in [5, 5.41) is 0. The average Bonchev–Trinajstić information content (AvgIpc) is 2.95. The fourth-order valence-corrected chi connectivity index (χ4v) is 7.82. The molecule has 6 nitrogen and oxygen atoms in total. The molecule has 0 N–H and O–H groups in total. The predicted octanol–water partition coefficient (Wildman–Crippen LogP) is 8.90. The van der Waals surface area contributed by atoms with Gasteiger partial charge in [0.2, 0.25) is 5.91 Å². The highest BCUT2D eigenvalue weighted by Crippen LogP contribution is 2.38. The molecule has 1 saturated carbocycles. The first kappa shape index (κ1) is 37.3. The van der Waals surface area contributed by atoms with Crippen molar-refractivity contribution in [2.75, 3.05) is 19.6 Å². The molecule has 47 heavy (non-hydrogen) atoms. The minimum Gasteiger partial charge on any atom is -0.460 e. The molecule has 0 spiro atoms. The second kappa shape index (κ2) is 15.8. The van der Waals surface area contributed by atoms with E-state index in [2.05, 4.69) is 53.5 Å². The van der Waals surface area contributed by atoms with Crippen LogP contribution in [0.4, 0.5) is 13.2 Å². The molecule has 0 aromatic rings. The lowest BCUT2D eigenvalue weighted by atomic mass is 9.79. The standard InChI is InChI=1S/C38H57F3N2O4/c1-36(2,3)32-26-42(35(29-14-8-7-9-15-29)30-18-20-31(21-19-30)46-38(39,40)41)22-23-43(32)33(44)24-27-12-10-11-13-28(17-16-27)25-34(45)47-37(4,5)6/h7-8,14,18,20-21,27-28,30,32,35H,9-13,15-17,19,22-26H2,1-6H3/t27?,28?,30?,32-,35?/m1/s1. The summed E-state index contributed by atoms with van der Waals surface area (Å²) >= 11 is 0. The van der Waals surface area contributed by atoms with Gasteiger partial charge >= 0.3 is 12.3 Å². The summed E-state index contributed by atoms with van der Waals surface area (Å²) < 4.78 is 48.4. The third-order valence-corrected chi connectivity index (χ3v) is 10.1. The molecule has 4 rings (SSSR count). The Hall–Kier alpha value is -2.55. The molecule has 9 heteroatoms. The van der Waals surface area contributed by atoms with Crippen molar-refractivity contribution in [2.24, 2.45) is 23.2 Å². The van der Waals surface area contributed by atoms with E-state index in [-0.39, 0.29) is 41.1 Å². The van der Waals surface area contributed by atoms with Gasteiger partial charge in [0.05, 0.1) is 0 Å². The monoisotopic (exact) mass is 662 g/mol. The number of hydrogen-bond donors (Lipinski definition) is 0. The van der Waals surface area contributed by atoms with Gasteiger partial charge in [-0.15, -0.1) is 13.2 Å². The van der Waals surface area contributed by atoms with Crippen LogP contribution in [-0.2, 0) is 19.1 Å². The summed E-state index contributed by atoms with van der Waals surface area (Å²) in [7, 11) is 0. The second-order valence-corrected chi connectivity index (χ2v) is 16.1. The maximum Gasteiger partial charge on any atom is 0.573 e. The van der Waals surface area contributed by atoms with Gasteiger partial charge in [-0.2, -0.15) is 0 Å². The molecule has 0 aromatic carbocycles. The molecule has 1 saturated heterocycles. The summed E-state index contributed by atoms with van der Waals surface area (Å²) in [5.74, 6) is 0.550. The number of allylic oxidation sites excluding steroid dienone is 5. The average molecular weight is 663 g/mol. The van der Waals surface area contributed by atoms with Gasteiger partial charge < -0.3 is 14.4 Å². The number of alkyl halides is 3. The lowest BCUT2D eigenvalue weighted by molar-refractivity contribution is -0.303. The van der Waals surface area contributed by atoms with Crippen molar-refractivity contribution in [3.8, 4) is 0 Å². The second-order valence-electron chi connectivity index (χ2n) is 16.1. The summed E-state index contributed by atoms with van der Waals surface area (Å²) in [6.45, 7) is 14.3. The quantitative estimate of drug-likeness (QED) is 0.243. The van der Waals surface area contributed by atoms with E-state index in [4.69, 9.17) is 4.74 Å². The van der Waals surface area contributed by atoms with E-state index in [1.54, 1.807) is 6.08 Å². The Labute approximate surface area is 280 Å². The Bertz CT molecular complexity index is 1210. The van der Waals surface area contributed by atoms with E-state index in [9.17, 15) is 22.8 Å². The van der Waals surface area contributed by atoms with Crippen LogP contribution in [0.5, 0.6) is 0 Å².